The molecule has 0 bridgehead atoms. The van der Waals surface area contributed by atoms with Gasteiger partial charge in [-0.05, 0) is 30.3 Å². The molecule has 3 aromatic carbocycles. The van der Waals surface area contributed by atoms with Gasteiger partial charge in [-0.3, -0.25) is 0 Å². The Balaban J connectivity index is 1.65. The lowest BCUT2D eigenvalue weighted by molar-refractivity contribution is 0.609. The highest BCUT2D eigenvalue weighted by Gasteiger charge is 2.13. The van der Waals surface area contributed by atoms with E-state index in [0.717, 1.165) is 22.2 Å². The minimum atomic E-state index is 0.599. The molecular weight excluding hydrogens is 300 g/mol. The second kappa shape index (κ2) is 5.06. The van der Waals surface area contributed by atoms with Crippen LogP contribution in [0.3, 0.4) is 0 Å². The Morgan fingerprint density at radius 3 is 1.46 bits per heavy atom. The van der Waals surface area contributed by atoms with Gasteiger partial charge in [-0.25, -0.2) is 9.97 Å². The fraction of sp³-hybridized carbons (Fsp3) is 0. The average Bonchev–Trinajstić information content (AvgIpc) is 3.24. The maximum Gasteiger partial charge on any atom is 0.227 e. The monoisotopic (exact) mass is 312 g/mol. The molecule has 5 rings (SSSR count). The maximum absolute atomic E-state index is 5.88. The zero-order valence-corrected chi connectivity index (χ0v) is 12.6. The minimum absolute atomic E-state index is 0.599. The molecule has 0 fully saturated rings. The Morgan fingerprint density at radius 2 is 1.00 bits per heavy atom. The predicted molar refractivity (Wildman–Crippen MR) is 92.4 cm³/mol. The van der Waals surface area contributed by atoms with Crippen molar-refractivity contribution in [3.05, 3.63) is 72.8 Å². The molecule has 114 valence electrons. The normalized spacial score (nSPS) is 11.3. The van der Waals surface area contributed by atoms with Crippen molar-refractivity contribution < 1.29 is 8.83 Å². The lowest BCUT2D eigenvalue weighted by atomic mass is 10.2. The van der Waals surface area contributed by atoms with Crippen LogP contribution in [0.1, 0.15) is 0 Å². The van der Waals surface area contributed by atoms with Crippen molar-refractivity contribution in [1.82, 2.24) is 9.97 Å². The first-order valence-electron chi connectivity index (χ1n) is 7.69. The Morgan fingerprint density at radius 1 is 0.542 bits per heavy atom. The Kier molecular flexibility index (Phi) is 2.76. The second-order valence-electron chi connectivity index (χ2n) is 5.56. The van der Waals surface area contributed by atoms with Crippen LogP contribution in [0, 0.1) is 0 Å². The third-order valence-corrected chi connectivity index (χ3v) is 3.94. The highest BCUT2D eigenvalue weighted by molar-refractivity contribution is 5.91. The van der Waals surface area contributed by atoms with Gasteiger partial charge in [0.1, 0.15) is 11.0 Å². The molecule has 0 aliphatic heterocycles. The number of hydrogen-bond acceptors (Lipinski definition) is 4. The van der Waals surface area contributed by atoms with E-state index in [1.807, 2.05) is 72.8 Å². The molecule has 0 saturated heterocycles. The molecule has 0 amide bonds. The molecule has 0 radical (unpaired) electrons. The van der Waals surface area contributed by atoms with Crippen LogP contribution in [0.15, 0.2) is 81.6 Å². The number of oxazole rings is 2. The largest absolute Gasteiger partial charge is 0.436 e. The summed E-state index contributed by atoms with van der Waals surface area (Å²) in [6, 6.07) is 23.4. The van der Waals surface area contributed by atoms with Crippen molar-refractivity contribution in [2.24, 2.45) is 0 Å². The highest BCUT2D eigenvalue weighted by atomic mass is 16.4. The number of rotatable bonds is 2. The molecule has 2 aromatic heterocycles. The van der Waals surface area contributed by atoms with Crippen LogP contribution < -0.4 is 0 Å². The Hall–Kier alpha value is -3.40. The van der Waals surface area contributed by atoms with Gasteiger partial charge in [0.05, 0.1) is 0 Å². The molecule has 5 aromatic rings. The van der Waals surface area contributed by atoms with E-state index in [9.17, 15) is 0 Å². The van der Waals surface area contributed by atoms with Gasteiger partial charge in [-0.2, -0.15) is 0 Å². The maximum atomic E-state index is 5.88. The van der Waals surface area contributed by atoms with Crippen LogP contribution in [-0.2, 0) is 0 Å². The second-order valence-corrected chi connectivity index (χ2v) is 5.56. The van der Waals surface area contributed by atoms with E-state index in [0.29, 0.717) is 22.9 Å². The van der Waals surface area contributed by atoms with Gasteiger partial charge in [-0.15, -0.1) is 0 Å². The highest BCUT2D eigenvalue weighted by Crippen LogP contribution is 2.30. The third kappa shape index (κ3) is 2.08. The van der Waals surface area contributed by atoms with E-state index < -0.39 is 0 Å². The van der Waals surface area contributed by atoms with Crippen LogP contribution >= 0.6 is 0 Å². The summed E-state index contributed by atoms with van der Waals surface area (Å²) in [4.78, 5) is 9.13. The number of aromatic nitrogens is 2. The van der Waals surface area contributed by atoms with Crippen LogP contribution in [0.2, 0.25) is 0 Å². The quantitative estimate of drug-likeness (QED) is 0.443. The topological polar surface area (TPSA) is 52.1 Å². The van der Waals surface area contributed by atoms with Crippen LogP contribution in [0.25, 0.3) is 45.1 Å². The molecule has 0 atom stereocenters. The fourth-order valence-corrected chi connectivity index (χ4v) is 2.76. The molecule has 0 aliphatic rings. The van der Waals surface area contributed by atoms with Crippen LogP contribution in [0.5, 0.6) is 0 Å². The summed E-state index contributed by atoms with van der Waals surface area (Å²) >= 11 is 0. The van der Waals surface area contributed by atoms with Crippen LogP contribution in [-0.4, -0.2) is 9.97 Å². The van der Waals surface area contributed by atoms with Crippen LogP contribution in [0.4, 0.5) is 0 Å². The third-order valence-electron chi connectivity index (χ3n) is 3.94. The van der Waals surface area contributed by atoms with Gasteiger partial charge in [-0.1, -0.05) is 36.4 Å². The number of benzene rings is 3. The van der Waals surface area contributed by atoms with Crippen molar-refractivity contribution in [3.63, 3.8) is 0 Å². The number of fused-ring (bicyclic) bond motifs is 2. The van der Waals surface area contributed by atoms with Gasteiger partial charge in [0, 0.05) is 17.2 Å². The molecule has 4 heteroatoms. The molecule has 2 heterocycles. The van der Waals surface area contributed by atoms with Gasteiger partial charge < -0.3 is 8.83 Å². The van der Waals surface area contributed by atoms with E-state index in [-0.39, 0.29) is 0 Å². The van der Waals surface area contributed by atoms with Crippen molar-refractivity contribution in [2.45, 2.75) is 0 Å². The average molecular weight is 312 g/mol. The predicted octanol–water partition coefficient (Wildman–Crippen LogP) is 5.30. The SMILES string of the molecule is c1ccc(-c2nc3cc4nc(-c5ccccc5)oc4cc3o2)cc1. The summed E-state index contributed by atoms with van der Waals surface area (Å²) in [5, 5.41) is 0. The molecule has 24 heavy (non-hydrogen) atoms. The Bertz CT molecular complexity index is 1000. The molecule has 0 spiro atoms. The first-order valence-corrected chi connectivity index (χ1v) is 7.69. The summed E-state index contributed by atoms with van der Waals surface area (Å²) in [5.41, 5.74) is 4.82. The smallest absolute Gasteiger partial charge is 0.227 e. The molecule has 4 nitrogen and oxygen atoms in total. The zero-order chi connectivity index (χ0) is 15.9. The first-order chi connectivity index (χ1) is 11.9. The van der Waals surface area contributed by atoms with Crippen molar-refractivity contribution in [1.29, 1.82) is 0 Å². The summed E-state index contributed by atoms with van der Waals surface area (Å²) in [7, 11) is 0. The summed E-state index contributed by atoms with van der Waals surface area (Å²) in [5.74, 6) is 1.20. The van der Waals surface area contributed by atoms with Gasteiger partial charge in [0.15, 0.2) is 11.2 Å². The van der Waals surface area contributed by atoms with Crippen molar-refractivity contribution in [2.75, 3.05) is 0 Å². The molecular formula is C20H12N2O2. The molecule has 0 N–H and O–H groups in total. The van der Waals surface area contributed by atoms with E-state index in [2.05, 4.69) is 9.97 Å². The van der Waals surface area contributed by atoms with E-state index in [1.54, 1.807) is 0 Å². The van der Waals surface area contributed by atoms with Gasteiger partial charge in [0.25, 0.3) is 0 Å². The molecule has 0 aliphatic carbocycles. The molecule has 0 saturated carbocycles. The standard InChI is InChI=1S/C20H12N2O2/c1-3-7-13(8-4-1)19-21-15-11-16-18(12-17(15)23-19)24-20(22-16)14-9-5-2-6-10-14/h1-12H. The minimum Gasteiger partial charge on any atom is -0.436 e. The molecule has 0 unspecified atom stereocenters. The summed E-state index contributed by atoms with van der Waals surface area (Å²) < 4.78 is 11.8. The van der Waals surface area contributed by atoms with E-state index in [1.165, 1.54) is 0 Å². The van der Waals surface area contributed by atoms with Gasteiger partial charge >= 0.3 is 0 Å². The summed E-state index contributed by atoms with van der Waals surface area (Å²) in [6.07, 6.45) is 0. The van der Waals surface area contributed by atoms with Gasteiger partial charge in [0.2, 0.25) is 11.8 Å². The fourth-order valence-electron chi connectivity index (χ4n) is 2.76. The van der Waals surface area contributed by atoms with E-state index >= 15 is 0 Å². The summed E-state index contributed by atoms with van der Waals surface area (Å²) in [6.45, 7) is 0. The number of nitrogens with zero attached hydrogens (tertiary/aromatic N) is 2. The lowest BCUT2D eigenvalue weighted by Crippen LogP contribution is -1.76. The first kappa shape index (κ1) is 13.1. The number of hydrogen-bond donors (Lipinski definition) is 0. The van der Waals surface area contributed by atoms with Crippen molar-refractivity contribution in [3.8, 4) is 22.9 Å². The lowest BCUT2D eigenvalue weighted by Gasteiger charge is -1.92. The zero-order valence-electron chi connectivity index (χ0n) is 12.6. The van der Waals surface area contributed by atoms with Crippen molar-refractivity contribution >= 4 is 22.2 Å². The Labute approximate surface area is 137 Å². The van der Waals surface area contributed by atoms with E-state index in [4.69, 9.17) is 8.83 Å².